The second-order valence-electron chi connectivity index (χ2n) is 4.26. The minimum Gasteiger partial charge on any atom is -0.465 e. The third-order valence-electron chi connectivity index (χ3n) is 2.77. The van der Waals surface area contributed by atoms with Crippen LogP contribution >= 0.6 is 0 Å². The lowest BCUT2D eigenvalue weighted by atomic mass is 9.87. The number of nitrogens with one attached hydrogen (secondary N) is 1. The van der Waals surface area contributed by atoms with Crippen molar-refractivity contribution in [3.05, 3.63) is 35.9 Å². The predicted octanol–water partition coefficient (Wildman–Crippen LogP) is 0.575. The Labute approximate surface area is 100 Å². The maximum atomic E-state index is 10.8. The van der Waals surface area contributed by atoms with E-state index in [1.54, 1.807) is 6.92 Å². The number of aliphatic hydroxyl groups excluding tert-OH is 1. The lowest BCUT2D eigenvalue weighted by Crippen LogP contribution is -2.58. The van der Waals surface area contributed by atoms with Gasteiger partial charge in [-0.15, -0.1) is 0 Å². The number of hydrogen-bond acceptors (Lipinski definition) is 3. The summed E-state index contributed by atoms with van der Waals surface area (Å²) in [5.41, 5.74) is 5.36. The van der Waals surface area contributed by atoms with E-state index in [0.29, 0.717) is 6.42 Å². The molecule has 5 nitrogen and oxygen atoms in total. The number of benzene rings is 1. The number of hydrogen-bond donors (Lipinski definition) is 4. The quantitative estimate of drug-likeness (QED) is 0.603. The minimum atomic E-state index is -1.17. The molecule has 0 aliphatic carbocycles. The Morgan fingerprint density at radius 3 is 2.53 bits per heavy atom. The van der Waals surface area contributed by atoms with Gasteiger partial charge in [0.25, 0.3) is 0 Å². The molecule has 0 spiro atoms. The molecular formula is C12H18N2O3. The van der Waals surface area contributed by atoms with Crippen molar-refractivity contribution < 1.29 is 15.0 Å². The van der Waals surface area contributed by atoms with Gasteiger partial charge in [0.2, 0.25) is 0 Å². The van der Waals surface area contributed by atoms with Crippen molar-refractivity contribution in [3.63, 3.8) is 0 Å². The molecule has 1 unspecified atom stereocenters. The van der Waals surface area contributed by atoms with Crippen molar-refractivity contribution >= 4 is 6.09 Å². The smallest absolute Gasteiger partial charge is 0.405 e. The molecule has 0 saturated carbocycles. The fraction of sp³-hybridized carbons (Fsp3) is 0.417. The van der Waals surface area contributed by atoms with E-state index >= 15 is 0 Å². The summed E-state index contributed by atoms with van der Waals surface area (Å²) in [6.07, 6.45) is -1.71. The van der Waals surface area contributed by atoms with Crippen LogP contribution in [0.3, 0.4) is 0 Å². The van der Waals surface area contributed by atoms with Gasteiger partial charge in [0.15, 0.2) is 0 Å². The highest BCUT2D eigenvalue weighted by Crippen LogP contribution is 2.17. The van der Waals surface area contributed by atoms with Crippen LogP contribution in [-0.2, 0) is 6.42 Å². The molecule has 0 bridgehead atoms. The molecule has 94 valence electrons. The molecule has 1 aromatic rings. The number of amides is 1. The fourth-order valence-electron chi connectivity index (χ4n) is 1.77. The molecule has 5 N–H and O–H groups in total. The molecule has 0 heterocycles. The highest BCUT2D eigenvalue weighted by atomic mass is 16.4. The standard InChI is InChI=1S/C12H18N2O3/c1-12(10(15)8-13,14-11(16)17)7-9-5-3-2-4-6-9/h2-6,10,14-15H,7-8,13H2,1H3,(H,16,17)/t10?,12-/m1/s1. The summed E-state index contributed by atoms with van der Waals surface area (Å²) in [5, 5.41) is 21.0. The number of carboxylic acid groups (broad SMARTS) is 1. The van der Waals surface area contributed by atoms with Crippen molar-refractivity contribution in [1.29, 1.82) is 0 Å². The van der Waals surface area contributed by atoms with Gasteiger partial charge < -0.3 is 21.3 Å². The molecule has 0 aromatic heterocycles. The summed E-state index contributed by atoms with van der Waals surface area (Å²) in [4.78, 5) is 10.8. The number of nitrogens with two attached hydrogens (primary N) is 1. The van der Waals surface area contributed by atoms with Crippen LogP contribution in [-0.4, -0.2) is 34.5 Å². The van der Waals surface area contributed by atoms with E-state index < -0.39 is 17.7 Å². The van der Waals surface area contributed by atoms with Gasteiger partial charge in [0, 0.05) is 6.54 Å². The lowest BCUT2D eigenvalue weighted by molar-refractivity contribution is 0.0741. The van der Waals surface area contributed by atoms with E-state index in [2.05, 4.69) is 5.32 Å². The van der Waals surface area contributed by atoms with Gasteiger partial charge in [0.1, 0.15) is 0 Å². The summed E-state index contributed by atoms with van der Waals surface area (Å²) >= 11 is 0. The number of aliphatic hydroxyl groups is 1. The van der Waals surface area contributed by atoms with Crippen molar-refractivity contribution in [2.75, 3.05) is 6.54 Å². The average molecular weight is 238 g/mol. The van der Waals surface area contributed by atoms with Gasteiger partial charge in [-0.25, -0.2) is 4.79 Å². The Morgan fingerprint density at radius 2 is 2.06 bits per heavy atom. The summed E-state index contributed by atoms with van der Waals surface area (Å²) < 4.78 is 0. The van der Waals surface area contributed by atoms with E-state index in [0.717, 1.165) is 5.56 Å². The second kappa shape index (κ2) is 5.65. The number of rotatable bonds is 5. The zero-order chi connectivity index (χ0) is 12.9. The van der Waals surface area contributed by atoms with Crippen LogP contribution in [0.15, 0.2) is 30.3 Å². The third kappa shape index (κ3) is 3.72. The van der Waals surface area contributed by atoms with Gasteiger partial charge in [-0.3, -0.25) is 0 Å². The SMILES string of the molecule is C[C@](Cc1ccccc1)(NC(=O)O)C(O)CN. The third-order valence-corrected chi connectivity index (χ3v) is 2.77. The zero-order valence-electron chi connectivity index (χ0n) is 9.76. The maximum Gasteiger partial charge on any atom is 0.405 e. The minimum absolute atomic E-state index is 0.00358. The Bertz CT molecular complexity index is 369. The molecule has 0 aliphatic heterocycles. The first-order valence-corrected chi connectivity index (χ1v) is 5.41. The predicted molar refractivity (Wildman–Crippen MR) is 64.8 cm³/mol. The van der Waals surface area contributed by atoms with Gasteiger partial charge in [-0.05, 0) is 18.9 Å². The molecule has 1 rings (SSSR count). The maximum absolute atomic E-state index is 10.8. The molecular weight excluding hydrogens is 220 g/mol. The van der Waals surface area contributed by atoms with Gasteiger partial charge in [0.05, 0.1) is 11.6 Å². The molecule has 5 heteroatoms. The number of carbonyl (C=O) groups is 1. The van der Waals surface area contributed by atoms with Gasteiger partial charge in [-0.1, -0.05) is 30.3 Å². The summed E-state index contributed by atoms with van der Waals surface area (Å²) in [7, 11) is 0. The Balaban J connectivity index is 2.87. The van der Waals surface area contributed by atoms with Crippen LogP contribution < -0.4 is 11.1 Å². The summed E-state index contributed by atoms with van der Waals surface area (Å²) in [6, 6.07) is 9.37. The van der Waals surface area contributed by atoms with Crippen LogP contribution in [0.25, 0.3) is 0 Å². The lowest BCUT2D eigenvalue weighted by Gasteiger charge is -2.34. The molecule has 0 fully saturated rings. The van der Waals surface area contributed by atoms with Crippen LogP contribution in [0.5, 0.6) is 0 Å². The Morgan fingerprint density at radius 1 is 1.47 bits per heavy atom. The Hall–Kier alpha value is -1.59. The first-order valence-electron chi connectivity index (χ1n) is 5.41. The highest BCUT2D eigenvalue weighted by molar-refractivity contribution is 5.65. The first-order chi connectivity index (χ1) is 7.98. The van der Waals surface area contributed by atoms with E-state index in [4.69, 9.17) is 10.8 Å². The normalized spacial score (nSPS) is 15.9. The van der Waals surface area contributed by atoms with Crippen molar-refractivity contribution in [3.8, 4) is 0 Å². The molecule has 0 aliphatic rings. The van der Waals surface area contributed by atoms with Gasteiger partial charge in [-0.2, -0.15) is 0 Å². The van der Waals surface area contributed by atoms with Crippen molar-refractivity contribution in [2.24, 2.45) is 5.73 Å². The largest absolute Gasteiger partial charge is 0.465 e. The van der Waals surface area contributed by atoms with Crippen molar-refractivity contribution in [2.45, 2.75) is 25.0 Å². The van der Waals surface area contributed by atoms with Crippen LogP contribution in [0, 0.1) is 0 Å². The molecule has 2 atom stereocenters. The summed E-state index contributed by atoms with van der Waals surface area (Å²) in [5.74, 6) is 0. The first kappa shape index (κ1) is 13.5. The van der Waals surface area contributed by atoms with E-state index in [9.17, 15) is 9.90 Å². The van der Waals surface area contributed by atoms with E-state index in [-0.39, 0.29) is 6.54 Å². The van der Waals surface area contributed by atoms with E-state index in [1.807, 2.05) is 30.3 Å². The Kier molecular flexibility index (Phi) is 4.48. The molecule has 1 amide bonds. The average Bonchev–Trinajstić information content (AvgIpc) is 2.28. The molecule has 1 aromatic carbocycles. The topological polar surface area (TPSA) is 95.6 Å². The fourth-order valence-corrected chi connectivity index (χ4v) is 1.77. The molecule has 0 radical (unpaired) electrons. The molecule has 0 saturated heterocycles. The highest BCUT2D eigenvalue weighted by Gasteiger charge is 2.34. The van der Waals surface area contributed by atoms with Crippen LogP contribution in [0.2, 0.25) is 0 Å². The zero-order valence-corrected chi connectivity index (χ0v) is 9.76. The van der Waals surface area contributed by atoms with E-state index in [1.165, 1.54) is 0 Å². The van der Waals surface area contributed by atoms with Crippen LogP contribution in [0.4, 0.5) is 4.79 Å². The second-order valence-corrected chi connectivity index (χ2v) is 4.26. The van der Waals surface area contributed by atoms with Gasteiger partial charge >= 0.3 is 6.09 Å². The monoisotopic (exact) mass is 238 g/mol. The van der Waals surface area contributed by atoms with Crippen LogP contribution in [0.1, 0.15) is 12.5 Å². The molecule has 17 heavy (non-hydrogen) atoms. The van der Waals surface area contributed by atoms with Crippen molar-refractivity contribution in [1.82, 2.24) is 5.32 Å². The summed E-state index contributed by atoms with van der Waals surface area (Å²) in [6.45, 7) is 1.65.